The topological polar surface area (TPSA) is 40.6 Å². The highest BCUT2D eigenvalue weighted by molar-refractivity contribution is 8.01. The Hall–Kier alpha value is -2.90. The summed E-state index contributed by atoms with van der Waals surface area (Å²) in [6.45, 7) is 0.461. The fraction of sp³-hybridized carbons (Fsp3) is 0.167. The van der Waals surface area contributed by atoms with Crippen molar-refractivity contribution >= 4 is 40.9 Å². The van der Waals surface area contributed by atoms with E-state index in [0.717, 1.165) is 11.6 Å². The van der Waals surface area contributed by atoms with Gasteiger partial charge in [-0.05, 0) is 48.0 Å². The number of benzene rings is 3. The van der Waals surface area contributed by atoms with Crippen molar-refractivity contribution in [3.8, 4) is 0 Å². The molecule has 0 unspecified atom stereocenters. The fourth-order valence-electron chi connectivity index (χ4n) is 4.32. The van der Waals surface area contributed by atoms with E-state index in [9.17, 15) is 18.4 Å². The zero-order chi connectivity index (χ0) is 22.5. The van der Waals surface area contributed by atoms with Crippen molar-refractivity contribution in [2.24, 2.45) is 0 Å². The van der Waals surface area contributed by atoms with Gasteiger partial charge in [0.05, 0.1) is 12.2 Å². The lowest BCUT2D eigenvalue weighted by atomic mass is 10.0. The zero-order valence-electron chi connectivity index (χ0n) is 16.7. The third-order valence-corrected chi connectivity index (χ3v) is 7.55. The molecule has 162 valence electrons. The molecule has 32 heavy (non-hydrogen) atoms. The Bertz CT molecular complexity index is 1250. The third-order valence-electron chi connectivity index (χ3n) is 5.76. The first-order chi connectivity index (χ1) is 15.4. The minimum atomic E-state index is -1.41. The first kappa shape index (κ1) is 21.0. The fourth-order valence-corrected chi connectivity index (χ4v) is 5.97. The molecule has 0 radical (unpaired) electrons. The maximum absolute atomic E-state index is 14.3. The standard InChI is InChI=1S/C24H17ClF2N2O2S/c25-20-7-2-1-4-16(20)14-28-21-9-8-18(27)13-19(21)24(23(28)31)29(10-11-32-24)22(30)15-5-3-6-17(26)12-15/h1-9,12-13H,10-11,14H2/t24-/m0/s1. The summed E-state index contributed by atoms with van der Waals surface area (Å²) in [6, 6.07) is 16.7. The van der Waals surface area contributed by atoms with Crippen molar-refractivity contribution in [3.63, 3.8) is 0 Å². The lowest BCUT2D eigenvalue weighted by Crippen LogP contribution is -2.50. The van der Waals surface area contributed by atoms with Crippen LogP contribution in [0, 0.1) is 11.6 Å². The number of nitrogens with zero attached hydrogens (tertiary/aromatic N) is 2. The van der Waals surface area contributed by atoms with E-state index in [1.807, 2.05) is 12.1 Å². The van der Waals surface area contributed by atoms with Crippen LogP contribution in [0.15, 0.2) is 66.7 Å². The predicted molar refractivity (Wildman–Crippen MR) is 121 cm³/mol. The number of hydrogen-bond donors (Lipinski definition) is 0. The number of hydrogen-bond acceptors (Lipinski definition) is 3. The first-order valence-electron chi connectivity index (χ1n) is 9.99. The monoisotopic (exact) mass is 470 g/mol. The summed E-state index contributed by atoms with van der Waals surface area (Å²) in [5.74, 6) is -1.37. The van der Waals surface area contributed by atoms with Crippen molar-refractivity contribution in [1.29, 1.82) is 0 Å². The van der Waals surface area contributed by atoms with Gasteiger partial charge in [-0.2, -0.15) is 0 Å². The zero-order valence-corrected chi connectivity index (χ0v) is 18.3. The van der Waals surface area contributed by atoms with E-state index < -0.39 is 22.4 Å². The Balaban J connectivity index is 1.61. The van der Waals surface area contributed by atoms with E-state index in [1.54, 1.807) is 23.1 Å². The molecule has 2 aliphatic heterocycles. The number of halogens is 3. The lowest BCUT2D eigenvalue weighted by Gasteiger charge is -2.33. The van der Waals surface area contributed by atoms with Crippen molar-refractivity contribution in [1.82, 2.24) is 4.90 Å². The van der Waals surface area contributed by atoms with Gasteiger partial charge in [0.25, 0.3) is 11.8 Å². The largest absolute Gasteiger partial charge is 0.311 e. The van der Waals surface area contributed by atoms with Gasteiger partial charge in [-0.15, -0.1) is 11.8 Å². The molecule has 3 aromatic rings. The molecule has 5 rings (SSSR count). The van der Waals surface area contributed by atoms with Crippen LogP contribution in [0.3, 0.4) is 0 Å². The minimum Gasteiger partial charge on any atom is -0.311 e. The van der Waals surface area contributed by atoms with E-state index in [4.69, 9.17) is 11.6 Å². The molecule has 1 atom stereocenters. The van der Waals surface area contributed by atoms with Gasteiger partial charge in [0.15, 0.2) is 4.87 Å². The van der Waals surface area contributed by atoms with Gasteiger partial charge in [0.2, 0.25) is 0 Å². The molecule has 0 saturated carbocycles. The second-order valence-electron chi connectivity index (χ2n) is 7.60. The van der Waals surface area contributed by atoms with Crippen LogP contribution in [-0.2, 0) is 16.2 Å². The van der Waals surface area contributed by atoms with Gasteiger partial charge in [-0.25, -0.2) is 8.78 Å². The molecule has 0 bridgehead atoms. The number of anilines is 1. The molecule has 1 saturated heterocycles. The SMILES string of the molecule is O=C(c1cccc(F)c1)N1CCS[C@@]12C(=O)N(Cc1ccccc1Cl)c1ccc(F)cc12. The third kappa shape index (κ3) is 3.19. The molecule has 4 nitrogen and oxygen atoms in total. The van der Waals surface area contributed by atoms with E-state index in [1.165, 1.54) is 47.0 Å². The number of carbonyl (C=O) groups is 2. The van der Waals surface area contributed by atoms with E-state index in [2.05, 4.69) is 0 Å². The number of thioether (sulfide) groups is 1. The highest BCUT2D eigenvalue weighted by Crippen LogP contribution is 2.55. The molecular weight excluding hydrogens is 454 g/mol. The van der Waals surface area contributed by atoms with Crippen LogP contribution >= 0.6 is 23.4 Å². The van der Waals surface area contributed by atoms with Gasteiger partial charge < -0.3 is 9.80 Å². The maximum Gasteiger partial charge on any atom is 0.268 e. The van der Waals surface area contributed by atoms with Gasteiger partial charge in [0.1, 0.15) is 11.6 Å². The molecule has 0 aliphatic carbocycles. The normalized spacial score (nSPS) is 19.7. The molecule has 2 aliphatic rings. The van der Waals surface area contributed by atoms with Crippen LogP contribution in [0.1, 0.15) is 21.5 Å². The Morgan fingerprint density at radius 1 is 1.03 bits per heavy atom. The van der Waals surface area contributed by atoms with E-state index in [0.29, 0.717) is 22.0 Å². The molecule has 3 aromatic carbocycles. The Morgan fingerprint density at radius 2 is 1.81 bits per heavy atom. The Morgan fingerprint density at radius 3 is 2.59 bits per heavy atom. The summed E-state index contributed by atoms with van der Waals surface area (Å²) in [7, 11) is 0. The van der Waals surface area contributed by atoms with Gasteiger partial charge >= 0.3 is 0 Å². The summed E-state index contributed by atoms with van der Waals surface area (Å²) in [4.78, 5) is 28.8. The molecule has 2 amide bonds. The lowest BCUT2D eigenvalue weighted by molar-refractivity contribution is -0.123. The summed E-state index contributed by atoms with van der Waals surface area (Å²) in [6.07, 6.45) is 0. The van der Waals surface area contributed by atoms with Gasteiger partial charge in [-0.3, -0.25) is 9.59 Å². The minimum absolute atomic E-state index is 0.141. The smallest absolute Gasteiger partial charge is 0.268 e. The number of fused-ring (bicyclic) bond motifs is 2. The molecule has 0 N–H and O–H groups in total. The van der Waals surface area contributed by atoms with Gasteiger partial charge in [0, 0.05) is 28.4 Å². The van der Waals surface area contributed by atoms with Crippen molar-refractivity contribution in [2.75, 3.05) is 17.2 Å². The summed E-state index contributed by atoms with van der Waals surface area (Å²) >= 11 is 7.61. The van der Waals surface area contributed by atoms with Crippen LogP contribution in [0.2, 0.25) is 5.02 Å². The van der Waals surface area contributed by atoms with Crippen LogP contribution in [-0.4, -0.2) is 29.0 Å². The highest BCUT2D eigenvalue weighted by Gasteiger charge is 2.59. The van der Waals surface area contributed by atoms with Crippen molar-refractivity contribution in [3.05, 3.63) is 100 Å². The molecule has 1 spiro atoms. The average molecular weight is 471 g/mol. The quantitative estimate of drug-likeness (QED) is 0.528. The predicted octanol–water partition coefficient (Wildman–Crippen LogP) is 5.21. The number of rotatable bonds is 3. The summed E-state index contributed by atoms with van der Waals surface area (Å²) in [5.41, 5.74) is 1.83. The van der Waals surface area contributed by atoms with Crippen LogP contribution in [0.4, 0.5) is 14.5 Å². The summed E-state index contributed by atoms with van der Waals surface area (Å²) in [5, 5.41) is 0.511. The number of carbonyl (C=O) groups excluding carboxylic acids is 2. The van der Waals surface area contributed by atoms with Crippen LogP contribution in [0.5, 0.6) is 0 Å². The molecule has 0 aromatic heterocycles. The van der Waals surface area contributed by atoms with Crippen LogP contribution in [0.25, 0.3) is 0 Å². The molecule has 8 heteroatoms. The average Bonchev–Trinajstić information content (AvgIpc) is 3.32. The highest BCUT2D eigenvalue weighted by atomic mass is 35.5. The van der Waals surface area contributed by atoms with Crippen LogP contribution < -0.4 is 4.90 Å². The van der Waals surface area contributed by atoms with E-state index in [-0.39, 0.29) is 24.6 Å². The van der Waals surface area contributed by atoms with Crippen molar-refractivity contribution < 1.29 is 18.4 Å². The summed E-state index contributed by atoms with van der Waals surface area (Å²) < 4.78 is 28.1. The second-order valence-corrected chi connectivity index (χ2v) is 9.30. The molecule has 1 fully saturated rings. The maximum atomic E-state index is 14.3. The van der Waals surface area contributed by atoms with Gasteiger partial charge in [-0.1, -0.05) is 35.9 Å². The van der Waals surface area contributed by atoms with Crippen molar-refractivity contribution in [2.45, 2.75) is 11.4 Å². The Kier molecular flexibility index (Phi) is 5.18. The number of amides is 2. The van der Waals surface area contributed by atoms with E-state index >= 15 is 0 Å². The molecule has 2 heterocycles. The first-order valence-corrected chi connectivity index (χ1v) is 11.3. The second kappa shape index (κ2) is 7.90. The molecular formula is C24H17ClF2N2O2S. The Labute approximate surface area is 192 Å².